The third-order valence-corrected chi connectivity index (χ3v) is 3.20. The van der Waals surface area contributed by atoms with Crippen LogP contribution in [-0.4, -0.2) is 24.3 Å². The first-order valence-corrected chi connectivity index (χ1v) is 5.36. The second-order valence-corrected chi connectivity index (χ2v) is 4.52. The van der Waals surface area contributed by atoms with Crippen LogP contribution in [0.3, 0.4) is 0 Å². The molecule has 2 rings (SSSR count). The quantitative estimate of drug-likeness (QED) is 0.748. The lowest BCUT2D eigenvalue weighted by Gasteiger charge is -2.18. The topological polar surface area (TPSA) is 32.3 Å². The van der Waals surface area contributed by atoms with Gasteiger partial charge in [-0.1, -0.05) is 11.6 Å². The summed E-state index contributed by atoms with van der Waals surface area (Å²) >= 11 is 7.50. The monoisotopic (exact) mass is 215 g/mol. The summed E-state index contributed by atoms with van der Waals surface area (Å²) in [6.07, 6.45) is 1.48. The van der Waals surface area contributed by atoms with E-state index >= 15 is 0 Å². The van der Waals surface area contributed by atoms with Gasteiger partial charge in [-0.05, 0) is 23.1 Å². The number of rotatable bonds is 1. The van der Waals surface area contributed by atoms with E-state index in [0.29, 0.717) is 6.54 Å². The number of hydrogen-bond donors (Lipinski definition) is 2. The van der Waals surface area contributed by atoms with Crippen molar-refractivity contribution in [2.75, 3.05) is 13.1 Å². The zero-order chi connectivity index (χ0) is 9.26. The van der Waals surface area contributed by atoms with Crippen LogP contribution in [0, 0.1) is 0 Å². The Balaban J connectivity index is 2.30. The van der Waals surface area contributed by atoms with Crippen LogP contribution in [0.1, 0.15) is 5.56 Å². The minimum atomic E-state index is -0.389. The van der Waals surface area contributed by atoms with Crippen LogP contribution in [-0.2, 0) is 0 Å². The fourth-order valence-electron chi connectivity index (χ4n) is 1.41. The summed E-state index contributed by atoms with van der Waals surface area (Å²) in [5, 5.41) is 14.5. The van der Waals surface area contributed by atoms with E-state index in [1.54, 1.807) is 0 Å². The predicted octanol–water partition coefficient (Wildman–Crippen LogP) is 1.75. The maximum absolute atomic E-state index is 9.39. The summed E-state index contributed by atoms with van der Waals surface area (Å²) < 4.78 is 0.794. The molecule has 13 heavy (non-hydrogen) atoms. The Hall–Kier alpha value is -0.350. The molecule has 0 fully saturated rings. The van der Waals surface area contributed by atoms with Crippen LogP contribution in [0.25, 0.3) is 5.57 Å². The van der Waals surface area contributed by atoms with Gasteiger partial charge in [-0.2, -0.15) is 0 Å². The van der Waals surface area contributed by atoms with Gasteiger partial charge in [-0.15, -0.1) is 11.3 Å². The van der Waals surface area contributed by atoms with Crippen LogP contribution < -0.4 is 5.32 Å². The van der Waals surface area contributed by atoms with Gasteiger partial charge in [0.15, 0.2) is 0 Å². The van der Waals surface area contributed by atoms with E-state index in [-0.39, 0.29) is 6.10 Å². The Morgan fingerprint density at radius 3 is 3.08 bits per heavy atom. The van der Waals surface area contributed by atoms with Gasteiger partial charge >= 0.3 is 0 Å². The van der Waals surface area contributed by atoms with Crippen molar-refractivity contribution in [2.24, 2.45) is 0 Å². The molecule has 1 aromatic rings. The Labute approximate surface area is 85.8 Å². The zero-order valence-corrected chi connectivity index (χ0v) is 8.53. The normalized spacial score (nSPS) is 22.9. The van der Waals surface area contributed by atoms with Gasteiger partial charge in [0.1, 0.15) is 4.34 Å². The Morgan fingerprint density at radius 1 is 1.62 bits per heavy atom. The second-order valence-electron chi connectivity index (χ2n) is 3.00. The molecule has 1 atom stereocenters. The smallest absolute Gasteiger partial charge is 0.100 e. The van der Waals surface area contributed by atoms with Crippen molar-refractivity contribution < 1.29 is 5.11 Å². The lowest BCUT2D eigenvalue weighted by Crippen LogP contribution is -2.31. The molecule has 2 nitrogen and oxygen atoms in total. The highest BCUT2D eigenvalue weighted by Crippen LogP contribution is 2.29. The molecule has 0 amide bonds. The first-order chi connectivity index (χ1) is 6.27. The largest absolute Gasteiger partial charge is 0.388 e. The molecular formula is C9H10ClNOS. The van der Waals surface area contributed by atoms with E-state index in [2.05, 4.69) is 5.32 Å². The summed E-state index contributed by atoms with van der Waals surface area (Å²) in [7, 11) is 0. The molecule has 1 aliphatic rings. The van der Waals surface area contributed by atoms with Crippen molar-refractivity contribution in [3.63, 3.8) is 0 Å². The molecule has 0 spiro atoms. The van der Waals surface area contributed by atoms with Crippen molar-refractivity contribution in [3.8, 4) is 0 Å². The van der Waals surface area contributed by atoms with Gasteiger partial charge in [0.2, 0.25) is 0 Å². The van der Waals surface area contributed by atoms with Gasteiger partial charge in [-0.3, -0.25) is 0 Å². The van der Waals surface area contributed by atoms with Crippen LogP contribution in [0.4, 0.5) is 0 Å². The number of aliphatic hydroxyl groups excluding tert-OH is 1. The summed E-state index contributed by atoms with van der Waals surface area (Å²) in [4.78, 5) is 0. The highest BCUT2D eigenvalue weighted by atomic mass is 35.5. The van der Waals surface area contributed by atoms with E-state index in [4.69, 9.17) is 11.6 Å². The van der Waals surface area contributed by atoms with Crippen LogP contribution in [0.5, 0.6) is 0 Å². The van der Waals surface area contributed by atoms with Gasteiger partial charge in [0.25, 0.3) is 0 Å². The zero-order valence-electron chi connectivity index (χ0n) is 6.96. The summed E-state index contributed by atoms with van der Waals surface area (Å²) in [5.41, 5.74) is 2.13. The highest BCUT2D eigenvalue weighted by Gasteiger charge is 2.14. The lowest BCUT2D eigenvalue weighted by molar-refractivity contribution is 0.217. The average Bonchev–Trinajstić information content (AvgIpc) is 2.51. The first-order valence-electron chi connectivity index (χ1n) is 4.10. The van der Waals surface area contributed by atoms with Crippen molar-refractivity contribution in [1.29, 1.82) is 0 Å². The number of halogens is 1. The molecule has 2 N–H and O–H groups in total. The maximum Gasteiger partial charge on any atom is 0.100 e. The SMILES string of the molecule is OC1C=C(c2ccsc2Cl)CNC1. The van der Waals surface area contributed by atoms with Gasteiger partial charge < -0.3 is 10.4 Å². The van der Waals surface area contributed by atoms with Gasteiger partial charge in [-0.25, -0.2) is 0 Å². The average molecular weight is 216 g/mol. The standard InChI is InChI=1S/C9H10ClNOS/c10-9-8(1-2-13-9)6-3-7(12)5-11-4-6/h1-3,7,11-12H,4-5H2. The Bertz CT molecular complexity index is 334. The first kappa shape index (κ1) is 9.21. The molecule has 1 aliphatic heterocycles. The molecule has 0 saturated heterocycles. The summed E-state index contributed by atoms with van der Waals surface area (Å²) in [6, 6.07) is 1.98. The minimum absolute atomic E-state index is 0.389. The van der Waals surface area contributed by atoms with E-state index in [0.717, 1.165) is 22.0 Å². The molecule has 0 aliphatic carbocycles. The molecule has 4 heteroatoms. The van der Waals surface area contributed by atoms with Crippen LogP contribution >= 0.6 is 22.9 Å². The molecule has 0 bridgehead atoms. The molecule has 1 aromatic heterocycles. The lowest BCUT2D eigenvalue weighted by atomic mass is 10.0. The van der Waals surface area contributed by atoms with Crippen LogP contribution in [0.15, 0.2) is 17.5 Å². The number of β-amino-alcohol motifs (C(OH)–C–C–N with tert-alkyl or cyclic N) is 1. The van der Waals surface area contributed by atoms with E-state index in [1.165, 1.54) is 11.3 Å². The fraction of sp³-hybridized carbons (Fsp3) is 0.333. The molecule has 1 unspecified atom stereocenters. The number of aliphatic hydroxyl groups is 1. The number of hydrogen-bond acceptors (Lipinski definition) is 3. The Kier molecular flexibility index (Phi) is 2.69. The number of nitrogens with one attached hydrogen (secondary N) is 1. The predicted molar refractivity (Wildman–Crippen MR) is 56.2 cm³/mol. The molecule has 70 valence electrons. The maximum atomic E-state index is 9.39. The molecule has 0 saturated carbocycles. The van der Waals surface area contributed by atoms with Gasteiger partial charge in [0, 0.05) is 18.7 Å². The Morgan fingerprint density at radius 2 is 2.46 bits per heavy atom. The second kappa shape index (κ2) is 3.80. The van der Waals surface area contributed by atoms with Crippen molar-refractivity contribution in [1.82, 2.24) is 5.32 Å². The summed E-state index contributed by atoms with van der Waals surface area (Å²) in [5.74, 6) is 0. The molecule has 0 radical (unpaired) electrons. The van der Waals surface area contributed by atoms with Crippen molar-refractivity contribution in [2.45, 2.75) is 6.10 Å². The van der Waals surface area contributed by atoms with E-state index in [1.807, 2.05) is 17.5 Å². The van der Waals surface area contributed by atoms with E-state index < -0.39 is 0 Å². The highest BCUT2D eigenvalue weighted by molar-refractivity contribution is 7.14. The third kappa shape index (κ3) is 1.94. The minimum Gasteiger partial charge on any atom is -0.388 e. The third-order valence-electron chi connectivity index (χ3n) is 2.03. The fourth-order valence-corrected chi connectivity index (χ4v) is 2.40. The number of thiophene rings is 1. The van der Waals surface area contributed by atoms with E-state index in [9.17, 15) is 5.11 Å². The molecule has 0 aromatic carbocycles. The van der Waals surface area contributed by atoms with Gasteiger partial charge in [0.05, 0.1) is 6.10 Å². The van der Waals surface area contributed by atoms with Crippen LogP contribution in [0.2, 0.25) is 4.34 Å². The molecular weight excluding hydrogens is 206 g/mol. The van der Waals surface area contributed by atoms with Crippen molar-refractivity contribution >= 4 is 28.5 Å². The summed E-state index contributed by atoms with van der Waals surface area (Å²) in [6.45, 7) is 1.42. The molecule has 2 heterocycles. The van der Waals surface area contributed by atoms with Crippen molar-refractivity contribution in [3.05, 3.63) is 27.4 Å².